The molecule has 0 radical (unpaired) electrons. The van der Waals surface area contributed by atoms with Crippen LogP contribution in [-0.2, 0) is 0 Å². The average molecular weight is 183 g/mol. The minimum atomic E-state index is -0.272. The molecule has 0 bridgehead atoms. The van der Waals surface area contributed by atoms with E-state index in [0.29, 0.717) is 0 Å². The first-order chi connectivity index (χ1) is 6.08. The highest BCUT2D eigenvalue weighted by atomic mass is 16.3. The summed E-state index contributed by atoms with van der Waals surface area (Å²) in [6.45, 7) is 7.21. The lowest BCUT2D eigenvalue weighted by atomic mass is 9.82. The Morgan fingerprint density at radius 3 is 2.69 bits per heavy atom. The number of rotatable bonds is 3. The zero-order valence-corrected chi connectivity index (χ0v) is 8.88. The van der Waals surface area contributed by atoms with Crippen LogP contribution in [0.25, 0.3) is 0 Å². The fourth-order valence-electron chi connectivity index (χ4n) is 2.03. The van der Waals surface area contributed by atoms with Crippen molar-refractivity contribution in [3.05, 3.63) is 12.2 Å². The van der Waals surface area contributed by atoms with Crippen molar-refractivity contribution in [3.63, 3.8) is 0 Å². The maximum absolute atomic E-state index is 10.1. The van der Waals surface area contributed by atoms with Gasteiger partial charge in [0.15, 0.2) is 0 Å². The van der Waals surface area contributed by atoms with E-state index in [4.69, 9.17) is 0 Å². The normalized spacial score (nSPS) is 26.9. The summed E-state index contributed by atoms with van der Waals surface area (Å²) in [5.41, 5.74) is -0.114. The summed E-state index contributed by atoms with van der Waals surface area (Å²) in [4.78, 5) is 0. The highest BCUT2D eigenvalue weighted by Gasteiger charge is 2.33. The van der Waals surface area contributed by atoms with Gasteiger partial charge in [-0.3, -0.25) is 0 Å². The monoisotopic (exact) mass is 183 g/mol. The van der Waals surface area contributed by atoms with Gasteiger partial charge in [-0.2, -0.15) is 0 Å². The molecule has 1 heterocycles. The first-order valence-electron chi connectivity index (χ1n) is 5.13. The van der Waals surface area contributed by atoms with Gasteiger partial charge in [-0.05, 0) is 26.3 Å². The number of hydrogen-bond donors (Lipinski definition) is 2. The fourth-order valence-corrected chi connectivity index (χ4v) is 2.03. The zero-order chi connectivity index (χ0) is 9.90. The third kappa shape index (κ3) is 2.55. The van der Waals surface area contributed by atoms with Crippen molar-refractivity contribution in [1.29, 1.82) is 0 Å². The van der Waals surface area contributed by atoms with Gasteiger partial charge in [-0.1, -0.05) is 26.0 Å². The maximum atomic E-state index is 10.1. The summed E-state index contributed by atoms with van der Waals surface area (Å²) in [7, 11) is 0. The molecular formula is C11H21NO. The largest absolute Gasteiger partial charge is 0.391 e. The first kappa shape index (κ1) is 10.7. The van der Waals surface area contributed by atoms with Crippen LogP contribution in [0.5, 0.6) is 0 Å². The third-order valence-corrected chi connectivity index (χ3v) is 2.84. The van der Waals surface area contributed by atoms with Crippen molar-refractivity contribution >= 4 is 0 Å². The second-order valence-electron chi connectivity index (χ2n) is 4.47. The van der Waals surface area contributed by atoms with Crippen LogP contribution >= 0.6 is 0 Å². The number of hydrogen-bond acceptors (Lipinski definition) is 2. The lowest BCUT2D eigenvalue weighted by Gasteiger charge is -2.31. The highest BCUT2D eigenvalue weighted by molar-refractivity contribution is 5.01. The average Bonchev–Trinajstić information content (AvgIpc) is 2.54. The van der Waals surface area contributed by atoms with Crippen LogP contribution in [0.2, 0.25) is 0 Å². The molecule has 0 aliphatic carbocycles. The molecular weight excluding hydrogens is 162 g/mol. The SMILES string of the molecule is CC=CC(C)(C)C(O)C1CCCN1. The van der Waals surface area contributed by atoms with E-state index in [1.165, 1.54) is 6.42 Å². The van der Waals surface area contributed by atoms with Gasteiger partial charge in [0.25, 0.3) is 0 Å². The van der Waals surface area contributed by atoms with E-state index in [-0.39, 0.29) is 17.6 Å². The summed E-state index contributed by atoms with van der Waals surface area (Å²) in [5.74, 6) is 0. The van der Waals surface area contributed by atoms with Crippen LogP contribution in [0.4, 0.5) is 0 Å². The molecule has 1 aliphatic heterocycles. The van der Waals surface area contributed by atoms with Gasteiger partial charge in [0.2, 0.25) is 0 Å². The zero-order valence-electron chi connectivity index (χ0n) is 8.88. The third-order valence-electron chi connectivity index (χ3n) is 2.84. The van der Waals surface area contributed by atoms with Crippen LogP contribution in [0, 0.1) is 5.41 Å². The minimum absolute atomic E-state index is 0.114. The minimum Gasteiger partial charge on any atom is -0.391 e. The molecule has 1 aliphatic rings. The molecule has 76 valence electrons. The lowest BCUT2D eigenvalue weighted by Crippen LogP contribution is -2.43. The Labute approximate surface area is 81.0 Å². The standard InChI is InChI=1S/C11H21NO/c1-4-7-11(2,3)10(13)9-6-5-8-12-9/h4,7,9-10,12-13H,5-6,8H2,1-3H3. The summed E-state index contributed by atoms with van der Waals surface area (Å²) in [6.07, 6.45) is 6.11. The van der Waals surface area contributed by atoms with Crippen LogP contribution in [-0.4, -0.2) is 23.8 Å². The first-order valence-corrected chi connectivity index (χ1v) is 5.13. The van der Waals surface area contributed by atoms with Crippen molar-refractivity contribution in [2.24, 2.45) is 5.41 Å². The molecule has 2 atom stereocenters. The summed E-state index contributed by atoms with van der Waals surface area (Å²) in [6, 6.07) is 0.284. The molecule has 0 aromatic carbocycles. The van der Waals surface area contributed by atoms with Crippen molar-refractivity contribution in [1.82, 2.24) is 5.32 Å². The van der Waals surface area contributed by atoms with E-state index in [1.54, 1.807) is 0 Å². The predicted octanol–water partition coefficient (Wildman–Crippen LogP) is 1.70. The molecule has 2 nitrogen and oxygen atoms in total. The van der Waals surface area contributed by atoms with E-state index in [0.717, 1.165) is 13.0 Å². The lowest BCUT2D eigenvalue weighted by molar-refractivity contribution is 0.0514. The highest BCUT2D eigenvalue weighted by Crippen LogP contribution is 2.27. The van der Waals surface area contributed by atoms with Crippen LogP contribution in [0.3, 0.4) is 0 Å². The summed E-state index contributed by atoms with van der Waals surface area (Å²) >= 11 is 0. The number of nitrogens with one attached hydrogen (secondary N) is 1. The maximum Gasteiger partial charge on any atom is 0.0778 e. The second-order valence-corrected chi connectivity index (χ2v) is 4.47. The Bertz CT molecular complexity index is 181. The van der Waals surface area contributed by atoms with E-state index in [9.17, 15) is 5.11 Å². The summed E-state index contributed by atoms with van der Waals surface area (Å²) < 4.78 is 0. The molecule has 2 heteroatoms. The van der Waals surface area contributed by atoms with Crippen molar-refractivity contribution < 1.29 is 5.11 Å². The molecule has 13 heavy (non-hydrogen) atoms. The van der Waals surface area contributed by atoms with Gasteiger partial charge in [0.1, 0.15) is 0 Å². The Morgan fingerprint density at radius 2 is 2.23 bits per heavy atom. The molecule has 2 N–H and O–H groups in total. The molecule has 0 saturated carbocycles. The number of allylic oxidation sites excluding steroid dienone is 1. The van der Waals surface area contributed by atoms with Gasteiger partial charge in [0, 0.05) is 11.5 Å². The van der Waals surface area contributed by atoms with E-state index in [1.807, 2.05) is 13.0 Å². The number of aliphatic hydroxyl groups excluding tert-OH is 1. The smallest absolute Gasteiger partial charge is 0.0778 e. The number of aliphatic hydroxyl groups is 1. The van der Waals surface area contributed by atoms with Crippen molar-refractivity contribution in [2.45, 2.75) is 45.8 Å². The molecule has 1 fully saturated rings. The molecule has 1 rings (SSSR count). The molecule has 1 saturated heterocycles. The predicted molar refractivity (Wildman–Crippen MR) is 55.6 cm³/mol. The Hall–Kier alpha value is -0.340. The Morgan fingerprint density at radius 1 is 1.54 bits per heavy atom. The molecule has 0 spiro atoms. The van der Waals surface area contributed by atoms with Crippen LogP contribution < -0.4 is 5.32 Å². The molecule has 0 amide bonds. The molecule has 2 unspecified atom stereocenters. The molecule has 0 aromatic heterocycles. The quantitative estimate of drug-likeness (QED) is 0.653. The van der Waals surface area contributed by atoms with Gasteiger partial charge in [0.05, 0.1) is 6.10 Å². The van der Waals surface area contributed by atoms with Gasteiger partial charge >= 0.3 is 0 Å². The Balaban J connectivity index is 2.58. The van der Waals surface area contributed by atoms with Gasteiger partial charge in [-0.25, -0.2) is 0 Å². The Kier molecular flexibility index (Phi) is 3.51. The second kappa shape index (κ2) is 4.25. The van der Waals surface area contributed by atoms with E-state index >= 15 is 0 Å². The van der Waals surface area contributed by atoms with Crippen LogP contribution in [0.15, 0.2) is 12.2 Å². The summed E-state index contributed by atoms with van der Waals surface area (Å²) in [5, 5.41) is 13.4. The molecule has 0 aromatic rings. The fraction of sp³-hybridized carbons (Fsp3) is 0.818. The van der Waals surface area contributed by atoms with E-state index in [2.05, 4.69) is 25.2 Å². The van der Waals surface area contributed by atoms with Crippen molar-refractivity contribution in [3.8, 4) is 0 Å². The topological polar surface area (TPSA) is 32.3 Å². The van der Waals surface area contributed by atoms with Crippen molar-refractivity contribution in [2.75, 3.05) is 6.54 Å². The van der Waals surface area contributed by atoms with Gasteiger partial charge in [-0.15, -0.1) is 0 Å². The van der Waals surface area contributed by atoms with Gasteiger partial charge < -0.3 is 10.4 Å². The van der Waals surface area contributed by atoms with E-state index < -0.39 is 0 Å². The van der Waals surface area contributed by atoms with Crippen LogP contribution in [0.1, 0.15) is 33.6 Å².